The maximum absolute atomic E-state index is 12.3. The molecule has 6 heteroatoms. The Morgan fingerprint density at radius 2 is 1.89 bits per heavy atom. The Labute approximate surface area is 165 Å². The molecule has 0 bridgehead atoms. The van der Waals surface area contributed by atoms with E-state index < -0.39 is 0 Å². The minimum absolute atomic E-state index is 0.112. The third kappa shape index (κ3) is 4.15. The normalized spacial score (nSPS) is 10.9. The summed E-state index contributed by atoms with van der Waals surface area (Å²) in [6, 6.07) is 21.1. The second-order valence-corrected chi connectivity index (χ2v) is 7.23. The zero-order valence-corrected chi connectivity index (χ0v) is 15.8. The molecule has 4 aromatic rings. The van der Waals surface area contributed by atoms with Crippen LogP contribution in [-0.2, 0) is 4.79 Å². The van der Waals surface area contributed by atoms with Crippen LogP contribution in [0.15, 0.2) is 82.6 Å². The lowest BCUT2D eigenvalue weighted by molar-refractivity contribution is -0.113. The van der Waals surface area contributed by atoms with Gasteiger partial charge in [0, 0.05) is 21.7 Å². The Kier molecular flexibility index (Phi) is 5.14. The van der Waals surface area contributed by atoms with Gasteiger partial charge in [-0.1, -0.05) is 71.9 Å². The lowest BCUT2D eigenvalue weighted by Gasteiger charge is -2.08. The van der Waals surface area contributed by atoms with Crippen LogP contribution < -0.4 is 5.32 Å². The molecular formula is C21H15ClN2O2S. The number of rotatable bonds is 5. The van der Waals surface area contributed by atoms with Crippen molar-refractivity contribution in [3.8, 4) is 11.3 Å². The van der Waals surface area contributed by atoms with Crippen LogP contribution in [0.2, 0.25) is 5.02 Å². The molecule has 0 saturated heterocycles. The van der Waals surface area contributed by atoms with E-state index in [-0.39, 0.29) is 11.7 Å². The summed E-state index contributed by atoms with van der Waals surface area (Å²) in [4.78, 5) is 16.6. The monoisotopic (exact) mass is 394 g/mol. The highest BCUT2D eigenvalue weighted by Gasteiger charge is 2.11. The molecule has 1 heterocycles. The van der Waals surface area contributed by atoms with Gasteiger partial charge in [-0.15, -0.1) is 0 Å². The summed E-state index contributed by atoms with van der Waals surface area (Å²) >= 11 is 7.25. The van der Waals surface area contributed by atoms with Gasteiger partial charge in [-0.25, -0.2) is 4.98 Å². The lowest BCUT2D eigenvalue weighted by Crippen LogP contribution is -2.14. The number of hydrogen-bond acceptors (Lipinski definition) is 4. The molecule has 0 saturated carbocycles. The van der Waals surface area contributed by atoms with Crippen molar-refractivity contribution in [2.45, 2.75) is 5.22 Å². The van der Waals surface area contributed by atoms with E-state index in [1.54, 1.807) is 12.3 Å². The van der Waals surface area contributed by atoms with E-state index in [4.69, 9.17) is 16.0 Å². The average molecular weight is 395 g/mol. The molecule has 0 aliphatic carbocycles. The fourth-order valence-electron chi connectivity index (χ4n) is 2.75. The van der Waals surface area contributed by atoms with Gasteiger partial charge >= 0.3 is 0 Å². The van der Waals surface area contributed by atoms with E-state index in [1.807, 2.05) is 60.7 Å². The van der Waals surface area contributed by atoms with Crippen LogP contribution >= 0.6 is 23.4 Å². The van der Waals surface area contributed by atoms with Crippen molar-refractivity contribution in [2.75, 3.05) is 11.1 Å². The molecule has 0 spiro atoms. The van der Waals surface area contributed by atoms with Gasteiger partial charge in [-0.2, -0.15) is 0 Å². The number of hydrogen-bond donors (Lipinski definition) is 1. The van der Waals surface area contributed by atoms with Gasteiger partial charge < -0.3 is 9.73 Å². The topological polar surface area (TPSA) is 55.1 Å². The van der Waals surface area contributed by atoms with Crippen LogP contribution in [0.5, 0.6) is 0 Å². The van der Waals surface area contributed by atoms with E-state index in [9.17, 15) is 4.79 Å². The highest BCUT2D eigenvalue weighted by Crippen LogP contribution is 2.28. The van der Waals surface area contributed by atoms with E-state index in [0.29, 0.717) is 16.0 Å². The van der Waals surface area contributed by atoms with Crippen molar-refractivity contribution in [1.82, 2.24) is 4.98 Å². The number of nitrogens with zero attached hydrogens (tertiary/aromatic N) is 1. The average Bonchev–Trinajstić information content (AvgIpc) is 3.16. The molecule has 0 atom stereocenters. The highest BCUT2D eigenvalue weighted by atomic mass is 35.5. The predicted molar refractivity (Wildman–Crippen MR) is 110 cm³/mol. The molecule has 0 aliphatic rings. The fraction of sp³-hybridized carbons (Fsp3) is 0.0476. The first kappa shape index (κ1) is 17.6. The molecule has 0 fully saturated rings. The minimum Gasteiger partial charge on any atom is -0.431 e. The number of nitrogens with one attached hydrogen (secondary N) is 1. The van der Waals surface area contributed by atoms with Gasteiger partial charge in [0.1, 0.15) is 0 Å². The summed E-state index contributed by atoms with van der Waals surface area (Å²) in [5, 5.41) is 6.13. The van der Waals surface area contributed by atoms with Gasteiger partial charge in [0.25, 0.3) is 5.22 Å². The number of thioether (sulfide) groups is 1. The summed E-state index contributed by atoms with van der Waals surface area (Å²) in [6.45, 7) is 0. The highest BCUT2D eigenvalue weighted by molar-refractivity contribution is 7.99. The number of halogens is 1. The molecule has 1 N–H and O–H groups in total. The number of oxazole rings is 1. The quantitative estimate of drug-likeness (QED) is 0.429. The Hall–Kier alpha value is -2.76. The molecule has 1 aromatic heterocycles. The van der Waals surface area contributed by atoms with Crippen LogP contribution in [0, 0.1) is 0 Å². The molecule has 134 valence electrons. The van der Waals surface area contributed by atoms with Crippen molar-refractivity contribution in [1.29, 1.82) is 0 Å². The van der Waals surface area contributed by atoms with Gasteiger partial charge in [0.2, 0.25) is 5.91 Å². The zero-order valence-electron chi connectivity index (χ0n) is 14.2. The molecular weight excluding hydrogens is 380 g/mol. The van der Waals surface area contributed by atoms with Gasteiger partial charge in [-0.3, -0.25) is 4.79 Å². The molecule has 4 rings (SSSR count). The lowest BCUT2D eigenvalue weighted by atomic mass is 10.1. The Balaban J connectivity index is 1.41. The SMILES string of the molecule is O=C(CSc1ncc(-c2cccc(Cl)c2)o1)Nc1cccc2ccccc12. The molecule has 1 amide bonds. The van der Waals surface area contributed by atoms with Crippen LogP contribution in [0.3, 0.4) is 0 Å². The first-order valence-electron chi connectivity index (χ1n) is 8.31. The molecule has 27 heavy (non-hydrogen) atoms. The second-order valence-electron chi connectivity index (χ2n) is 5.86. The summed E-state index contributed by atoms with van der Waals surface area (Å²) in [5.74, 6) is 0.715. The number of benzene rings is 3. The number of carbonyl (C=O) groups is 1. The van der Waals surface area contributed by atoms with Gasteiger partial charge in [0.15, 0.2) is 5.76 Å². The van der Waals surface area contributed by atoms with Crippen LogP contribution in [0.25, 0.3) is 22.1 Å². The van der Waals surface area contributed by atoms with Gasteiger partial charge in [0.05, 0.1) is 11.9 Å². The Morgan fingerprint density at radius 3 is 2.78 bits per heavy atom. The maximum atomic E-state index is 12.3. The standard InChI is InChI=1S/C21H15ClN2O2S/c22-16-8-3-7-15(11-16)19-12-23-21(26-19)27-13-20(25)24-18-10-4-6-14-5-1-2-9-17(14)18/h1-12H,13H2,(H,24,25). The van der Waals surface area contributed by atoms with E-state index in [1.165, 1.54) is 11.8 Å². The van der Waals surface area contributed by atoms with Crippen LogP contribution in [0.4, 0.5) is 5.69 Å². The third-order valence-electron chi connectivity index (χ3n) is 3.98. The Morgan fingerprint density at radius 1 is 1.07 bits per heavy atom. The second kappa shape index (κ2) is 7.86. The first-order chi connectivity index (χ1) is 13.2. The third-order valence-corrected chi connectivity index (χ3v) is 5.06. The van der Waals surface area contributed by atoms with Gasteiger partial charge in [-0.05, 0) is 23.6 Å². The zero-order chi connectivity index (χ0) is 18.6. The molecule has 0 radical (unpaired) electrons. The van der Waals surface area contributed by atoms with Crippen molar-refractivity contribution in [3.05, 3.63) is 77.9 Å². The summed E-state index contributed by atoms with van der Waals surface area (Å²) in [6.07, 6.45) is 1.64. The minimum atomic E-state index is -0.112. The number of anilines is 1. The summed E-state index contributed by atoms with van der Waals surface area (Å²) in [5.41, 5.74) is 1.65. The first-order valence-corrected chi connectivity index (χ1v) is 9.67. The summed E-state index contributed by atoms with van der Waals surface area (Å²) < 4.78 is 5.71. The van der Waals surface area contributed by atoms with Crippen molar-refractivity contribution in [2.24, 2.45) is 0 Å². The van der Waals surface area contributed by atoms with Crippen LogP contribution in [0.1, 0.15) is 0 Å². The largest absolute Gasteiger partial charge is 0.431 e. The van der Waals surface area contributed by atoms with Crippen molar-refractivity contribution >= 4 is 45.7 Å². The van der Waals surface area contributed by atoms with E-state index >= 15 is 0 Å². The number of amides is 1. The number of aromatic nitrogens is 1. The number of fused-ring (bicyclic) bond motifs is 1. The Bertz CT molecular complexity index is 1100. The molecule has 0 unspecified atom stereocenters. The molecule has 3 aromatic carbocycles. The smallest absolute Gasteiger partial charge is 0.256 e. The molecule has 0 aliphatic heterocycles. The van der Waals surface area contributed by atoms with E-state index in [0.717, 1.165) is 22.0 Å². The maximum Gasteiger partial charge on any atom is 0.256 e. The molecule has 4 nitrogen and oxygen atoms in total. The van der Waals surface area contributed by atoms with Crippen LogP contribution in [-0.4, -0.2) is 16.6 Å². The summed E-state index contributed by atoms with van der Waals surface area (Å²) in [7, 11) is 0. The fourth-order valence-corrected chi connectivity index (χ4v) is 3.54. The predicted octanol–water partition coefficient (Wildman–Crippen LogP) is 5.88. The van der Waals surface area contributed by atoms with Crippen molar-refractivity contribution < 1.29 is 9.21 Å². The van der Waals surface area contributed by atoms with Crippen molar-refractivity contribution in [3.63, 3.8) is 0 Å². The van der Waals surface area contributed by atoms with E-state index in [2.05, 4.69) is 10.3 Å². The number of carbonyl (C=O) groups excluding carboxylic acids is 1.